The van der Waals surface area contributed by atoms with Gasteiger partial charge < -0.3 is 5.32 Å². The third-order valence-corrected chi connectivity index (χ3v) is 3.50. The van der Waals surface area contributed by atoms with Crippen LogP contribution >= 0.6 is 11.8 Å². The molecule has 1 N–H and O–H groups in total. The Balaban J connectivity index is 2.00. The van der Waals surface area contributed by atoms with Crippen molar-refractivity contribution >= 4 is 11.8 Å². The van der Waals surface area contributed by atoms with Gasteiger partial charge in [0, 0.05) is 10.9 Å². The lowest BCUT2D eigenvalue weighted by Gasteiger charge is -2.10. The quantitative estimate of drug-likeness (QED) is 0.765. The molecule has 0 aliphatic carbocycles. The van der Waals surface area contributed by atoms with E-state index in [0.717, 1.165) is 0 Å². The molecular formula is C12H17NS. The molecule has 0 spiro atoms. The summed E-state index contributed by atoms with van der Waals surface area (Å²) in [6.45, 7) is 1.20. The number of nitrogens with one attached hydrogen (secondary N) is 1. The molecule has 0 saturated carbocycles. The zero-order chi connectivity index (χ0) is 9.80. The van der Waals surface area contributed by atoms with Crippen LogP contribution in [0.4, 0.5) is 0 Å². The topological polar surface area (TPSA) is 12.0 Å². The minimum atomic E-state index is 0.715. The molecule has 0 amide bonds. The zero-order valence-electron chi connectivity index (χ0n) is 8.62. The van der Waals surface area contributed by atoms with E-state index in [1.54, 1.807) is 0 Å². The van der Waals surface area contributed by atoms with Gasteiger partial charge in [-0.05, 0) is 49.8 Å². The van der Waals surface area contributed by atoms with E-state index in [2.05, 4.69) is 35.8 Å². The van der Waals surface area contributed by atoms with Crippen molar-refractivity contribution in [2.24, 2.45) is 0 Å². The van der Waals surface area contributed by atoms with Gasteiger partial charge in [0.1, 0.15) is 0 Å². The van der Waals surface area contributed by atoms with E-state index in [9.17, 15) is 0 Å². The Hall–Kier alpha value is -0.470. The lowest BCUT2D eigenvalue weighted by atomic mass is 10.1. The largest absolute Gasteiger partial charge is 0.314 e. The van der Waals surface area contributed by atoms with Gasteiger partial charge in [0.15, 0.2) is 0 Å². The fourth-order valence-corrected chi connectivity index (χ4v) is 2.50. The fraction of sp³-hybridized carbons (Fsp3) is 0.500. The van der Waals surface area contributed by atoms with Gasteiger partial charge in [0.2, 0.25) is 0 Å². The second-order valence-corrected chi connectivity index (χ2v) is 4.73. The minimum absolute atomic E-state index is 0.715. The molecule has 14 heavy (non-hydrogen) atoms. The Labute approximate surface area is 90.3 Å². The van der Waals surface area contributed by atoms with Crippen molar-refractivity contribution in [2.45, 2.75) is 30.2 Å². The van der Waals surface area contributed by atoms with Crippen molar-refractivity contribution in [3.63, 3.8) is 0 Å². The fourth-order valence-electron chi connectivity index (χ4n) is 2.01. The van der Waals surface area contributed by atoms with Crippen molar-refractivity contribution in [1.82, 2.24) is 5.32 Å². The monoisotopic (exact) mass is 207 g/mol. The van der Waals surface area contributed by atoms with E-state index in [1.807, 2.05) is 11.8 Å². The van der Waals surface area contributed by atoms with E-state index in [4.69, 9.17) is 0 Å². The second kappa shape index (κ2) is 4.85. The van der Waals surface area contributed by atoms with Crippen LogP contribution in [0.3, 0.4) is 0 Å². The summed E-state index contributed by atoms with van der Waals surface area (Å²) in [5, 5.41) is 3.54. The third-order valence-electron chi connectivity index (χ3n) is 2.78. The summed E-state index contributed by atoms with van der Waals surface area (Å²) >= 11 is 1.82. The van der Waals surface area contributed by atoms with E-state index in [0.29, 0.717) is 6.04 Å². The third kappa shape index (κ3) is 2.52. The van der Waals surface area contributed by atoms with Crippen LogP contribution in [0.2, 0.25) is 0 Å². The van der Waals surface area contributed by atoms with Crippen molar-refractivity contribution < 1.29 is 0 Å². The standard InChI is InChI=1S/C12H17NS/c1-14-12-6-2-4-10(9-12)8-11-5-3-7-13-11/h2,4,6,9,11,13H,3,5,7-8H2,1H3. The van der Waals surface area contributed by atoms with E-state index >= 15 is 0 Å². The van der Waals surface area contributed by atoms with Gasteiger partial charge in [0.05, 0.1) is 0 Å². The van der Waals surface area contributed by atoms with Gasteiger partial charge in [0.25, 0.3) is 0 Å². The van der Waals surface area contributed by atoms with E-state index in [-0.39, 0.29) is 0 Å². The van der Waals surface area contributed by atoms with Crippen LogP contribution in [-0.4, -0.2) is 18.8 Å². The molecule has 2 rings (SSSR count). The highest BCUT2D eigenvalue weighted by Gasteiger charge is 2.13. The summed E-state index contributed by atoms with van der Waals surface area (Å²) in [5.74, 6) is 0. The number of hydrogen-bond acceptors (Lipinski definition) is 2. The molecule has 1 fully saturated rings. The number of benzene rings is 1. The van der Waals surface area contributed by atoms with Crippen LogP contribution < -0.4 is 5.32 Å². The summed E-state index contributed by atoms with van der Waals surface area (Å²) < 4.78 is 0. The first kappa shape index (κ1) is 10.1. The molecule has 1 aliphatic rings. The molecule has 1 aromatic carbocycles. The molecule has 0 bridgehead atoms. The van der Waals surface area contributed by atoms with Gasteiger partial charge in [-0.15, -0.1) is 11.8 Å². The van der Waals surface area contributed by atoms with Gasteiger partial charge in [-0.1, -0.05) is 12.1 Å². The molecule has 1 aromatic rings. The Morgan fingerprint density at radius 1 is 1.50 bits per heavy atom. The molecule has 1 unspecified atom stereocenters. The molecule has 0 radical (unpaired) electrons. The average molecular weight is 207 g/mol. The molecule has 1 nitrogen and oxygen atoms in total. The maximum atomic E-state index is 3.54. The number of thioether (sulfide) groups is 1. The smallest absolute Gasteiger partial charge is 0.0108 e. The van der Waals surface area contributed by atoms with Gasteiger partial charge in [-0.2, -0.15) is 0 Å². The summed E-state index contributed by atoms with van der Waals surface area (Å²) in [5.41, 5.74) is 1.47. The second-order valence-electron chi connectivity index (χ2n) is 3.85. The van der Waals surface area contributed by atoms with Crippen LogP contribution in [0.25, 0.3) is 0 Å². The normalized spacial score (nSPS) is 21.4. The molecule has 1 aliphatic heterocycles. The van der Waals surface area contributed by atoms with Crippen molar-refractivity contribution in [3.05, 3.63) is 29.8 Å². The lowest BCUT2D eigenvalue weighted by Crippen LogP contribution is -2.23. The SMILES string of the molecule is CSc1cccc(CC2CCCN2)c1. The Morgan fingerprint density at radius 3 is 3.14 bits per heavy atom. The molecule has 76 valence electrons. The van der Waals surface area contributed by atoms with Crippen molar-refractivity contribution in [2.75, 3.05) is 12.8 Å². The van der Waals surface area contributed by atoms with Crippen molar-refractivity contribution in [1.29, 1.82) is 0 Å². The van der Waals surface area contributed by atoms with Gasteiger partial charge in [-0.25, -0.2) is 0 Å². The molecule has 1 atom stereocenters. The lowest BCUT2D eigenvalue weighted by molar-refractivity contribution is 0.602. The van der Waals surface area contributed by atoms with E-state index in [1.165, 1.54) is 36.3 Å². The molecule has 1 heterocycles. The molecule has 1 saturated heterocycles. The minimum Gasteiger partial charge on any atom is -0.314 e. The number of hydrogen-bond donors (Lipinski definition) is 1. The predicted molar refractivity (Wildman–Crippen MR) is 63.0 cm³/mol. The Kier molecular flexibility index (Phi) is 3.49. The predicted octanol–water partition coefficient (Wildman–Crippen LogP) is 2.70. The maximum Gasteiger partial charge on any atom is 0.0108 e. The highest BCUT2D eigenvalue weighted by atomic mass is 32.2. The average Bonchev–Trinajstić information content (AvgIpc) is 2.71. The van der Waals surface area contributed by atoms with Gasteiger partial charge in [-0.3, -0.25) is 0 Å². The summed E-state index contributed by atoms with van der Waals surface area (Å²) in [6.07, 6.45) is 6.00. The first-order valence-electron chi connectivity index (χ1n) is 5.25. The summed E-state index contributed by atoms with van der Waals surface area (Å²) in [7, 11) is 0. The van der Waals surface area contributed by atoms with Crippen LogP contribution in [0.5, 0.6) is 0 Å². The first-order chi connectivity index (χ1) is 6.88. The van der Waals surface area contributed by atoms with Crippen molar-refractivity contribution in [3.8, 4) is 0 Å². The summed E-state index contributed by atoms with van der Waals surface area (Å²) in [6, 6.07) is 9.60. The van der Waals surface area contributed by atoms with E-state index < -0.39 is 0 Å². The zero-order valence-corrected chi connectivity index (χ0v) is 9.44. The maximum absolute atomic E-state index is 3.54. The summed E-state index contributed by atoms with van der Waals surface area (Å²) in [4.78, 5) is 1.38. The highest BCUT2D eigenvalue weighted by Crippen LogP contribution is 2.18. The van der Waals surface area contributed by atoms with Crippen LogP contribution in [0, 0.1) is 0 Å². The molecular weight excluding hydrogens is 190 g/mol. The number of rotatable bonds is 3. The van der Waals surface area contributed by atoms with Crippen LogP contribution in [0.1, 0.15) is 18.4 Å². The highest BCUT2D eigenvalue weighted by molar-refractivity contribution is 7.98. The van der Waals surface area contributed by atoms with Crippen LogP contribution in [0.15, 0.2) is 29.2 Å². The van der Waals surface area contributed by atoms with Crippen LogP contribution in [-0.2, 0) is 6.42 Å². The van der Waals surface area contributed by atoms with Gasteiger partial charge >= 0.3 is 0 Å². The Morgan fingerprint density at radius 2 is 2.43 bits per heavy atom. The Bertz CT molecular complexity index is 292. The molecule has 2 heteroatoms. The molecule has 0 aromatic heterocycles. The first-order valence-corrected chi connectivity index (χ1v) is 6.47.